The Bertz CT molecular complexity index is 635. The second-order valence-electron chi connectivity index (χ2n) is 4.61. The first-order valence-electron chi connectivity index (χ1n) is 6.46. The highest BCUT2D eigenvalue weighted by Gasteiger charge is 2.13. The number of carbonyl (C=O) groups is 1. The molecule has 4 heteroatoms. The van der Waals surface area contributed by atoms with Crippen LogP contribution in [0.25, 0.3) is 11.1 Å². The highest BCUT2D eigenvalue weighted by atomic mass is 16.7. The molecule has 0 spiro atoms. The molecule has 0 aromatic heterocycles. The van der Waals surface area contributed by atoms with Crippen molar-refractivity contribution in [2.75, 3.05) is 13.8 Å². The molecule has 102 valence electrons. The first-order valence-corrected chi connectivity index (χ1v) is 6.46. The molecular formula is C16H15NO3. The summed E-state index contributed by atoms with van der Waals surface area (Å²) in [5.41, 5.74) is 3.15. The lowest BCUT2D eigenvalue weighted by atomic mass is 10.0. The van der Waals surface area contributed by atoms with E-state index in [0.717, 1.165) is 28.2 Å². The molecule has 0 aliphatic carbocycles. The molecule has 0 unspecified atom stereocenters. The minimum absolute atomic E-state index is 0.0147. The highest BCUT2D eigenvalue weighted by molar-refractivity contribution is 5.78. The molecule has 1 aliphatic rings. The van der Waals surface area contributed by atoms with Gasteiger partial charge in [-0.15, -0.1) is 0 Å². The van der Waals surface area contributed by atoms with Crippen LogP contribution in [0.1, 0.15) is 5.56 Å². The van der Waals surface area contributed by atoms with E-state index in [2.05, 4.69) is 5.32 Å². The summed E-state index contributed by atoms with van der Waals surface area (Å²) in [7, 11) is 1.64. The molecule has 0 saturated heterocycles. The van der Waals surface area contributed by atoms with E-state index in [1.54, 1.807) is 7.05 Å². The molecule has 1 heterocycles. The molecule has 4 nitrogen and oxygen atoms in total. The number of hydrogen-bond acceptors (Lipinski definition) is 3. The third-order valence-electron chi connectivity index (χ3n) is 3.30. The van der Waals surface area contributed by atoms with Gasteiger partial charge < -0.3 is 14.8 Å². The van der Waals surface area contributed by atoms with Gasteiger partial charge in [-0.05, 0) is 28.8 Å². The van der Waals surface area contributed by atoms with Crippen LogP contribution in [0.4, 0.5) is 0 Å². The van der Waals surface area contributed by atoms with Gasteiger partial charge in [-0.2, -0.15) is 0 Å². The van der Waals surface area contributed by atoms with Crippen LogP contribution in [-0.2, 0) is 11.2 Å². The summed E-state index contributed by atoms with van der Waals surface area (Å²) < 4.78 is 10.7. The Balaban J connectivity index is 1.82. The van der Waals surface area contributed by atoms with Crippen LogP contribution >= 0.6 is 0 Å². The number of fused-ring (bicyclic) bond motifs is 1. The molecule has 2 aromatic rings. The lowest BCUT2D eigenvalue weighted by Gasteiger charge is -2.05. The van der Waals surface area contributed by atoms with Crippen molar-refractivity contribution in [2.24, 2.45) is 0 Å². The van der Waals surface area contributed by atoms with E-state index in [1.165, 1.54) is 0 Å². The molecular weight excluding hydrogens is 254 g/mol. The molecule has 2 aromatic carbocycles. The van der Waals surface area contributed by atoms with Crippen molar-refractivity contribution < 1.29 is 14.3 Å². The van der Waals surface area contributed by atoms with Crippen LogP contribution in [0.2, 0.25) is 0 Å². The van der Waals surface area contributed by atoms with Crippen molar-refractivity contribution in [3.05, 3.63) is 48.0 Å². The second-order valence-corrected chi connectivity index (χ2v) is 4.61. The molecule has 1 amide bonds. The van der Waals surface area contributed by atoms with Crippen LogP contribution in [0.3, 0.4) is 0 Å². The van der Waals surface area contributed by atoms with Gasteiger partial charge in [0.2, 0.25) is 12.7 Å². The fourth-order valence-corrected chi connectivity index (χ4v) is 2.16. The zero-order chi connectivity index (χ0) is 13.9. The standard InChI is InChI=1S/C16H15NO3/c1-17-16(18)8-11-2-4-12(5-3-11)13-6-7-14-15(9-13)20-10-19-14/h2-7,9H,8,10H2,1H3,(H,17,18). The first-order chi connectivity index (χ1) is 9.76. The van der Waals surface area contributed by atoms with E-state index in [1.807, 2.05) is 42.5 Å². The number of ether oxygens (including phenoxy) is 2. The Kier molecular flexibility index (Phi) is 3.29. The molecule has 0 saturated carbocycles. The molecule has 1 N–H and O–H groups in total. The maximum Gasteiger partial charge on any atom is 0.231 e. The number of carbonyl (C=O) groups excluding carboxylic acids is 1. The van der Waals surface area contributed by atoms with Crippen LogP contribution in [-0.4, -0.2) is 19.7 Å². The number of rotatable bonds is 3. The van der Waals surface area contributed by atoms with Crippen molar-refractivity contribution in [3.63, 3.8) is 0 Å². The Morgan fingerprint density at radius 2 is 1.75 bits per heavy atom. The van der Waals surface area contributed by atoms with Gasteiger partial charge in [0.1, 0.15) is 0 Å². The Hall–Kier alpha value is -2.49. The number of benzene rings is 2. The van der Waals surface area contributed by atoms with Crippen molar-refractivity contribution in [1.82, 2.24) is 5.32 Å². The fraction of sp³-hybridized carbons (Fsp3) is 0.188. The maximum atomic E-state index is 11.3. The lowest BCUT2D eigenvalue weighted by Crippen LogP contribution is -2.19. The molecule has 0 radical (unpaired) electrons. The summed E-state index contributed by atoms with van der Waals surface area (Å²) in [4.78, 5) is 11.3. The van der Waals surface area contributed by atoms with Gasteiger partial charge >= 0.3 is 0 Å². The smallest absolute Gasteiger partial charge is 0.231 e. The Morgan fingerprint density at radius 1 is 1.05 bits per heavy atom. The molecule has 0 fully saturated rings. The number of amides is 1. The third-order valence-corrected chi connectivity index (χ3v) is 3.30. The number of likely N-dealkylation sites (N-methyl/N-ethyl adjacent to an activating group) is 1. The predicted molar refractivity (Wildman–Crippen MR) is 75.8 cm³/mol. The van der Waals surface area contributed by atoms with Crippen molar-refractivity contribution in [2.45, 2.75) is 6.42 Å². The third kappa shape index (κ3) is 2.45. The van der Waals surface area contributed by atoms with Crippen molar-refractivity contribution >= 4 is 5.91 Å². The predicted octanol–water partition coefficient (Wildman–Crippen LogP) is 2.37. The SMILES string of the molecule is CNC(=O)Cc1ccc(-c2ccc3c(c2)OCO3)cc1. The van der Waals surface area contributed by atoms with Gasteiger partial charge in [-0.1, -0.05) is 30.3 Å². The second kappa shape index (κ2) is 5.25. The van der Waals surface area contributed by atoms with Gasteiger partial charge in [0.05, 0.1) is 6.42 Å². The summed E-state index contributed by atoms with van der Waals surface area (Å²) in [5.74, 6) is 1.57. The summed E-state index contributed by atoms with van der Waals surface area (Å²) in [5, 5.41) is 2.62. The first kappa shape index (κ1) is 12.5. The minimum atomic E-state index is 0.0147. The monoisotopic (exact) mass is 269 g/mol. The van der Waals surface area contributed by atoms with Crippen molar-refractivity contribution in [1.29, 1.82) is 0 Å². The van der Waals surface area contributed by atoms with E-state index in [0.29, 0.717) is 6.42 Å². The van der Waals surface area contributed by atoms with E-state index in [-0.39, 0.29) is 12.7 Å². The largest absolute Gasteiger partial charge is 0.454 e. The average molecular weight is 269 g/mol. The molecule has 0 atom stereocenters. The zero-order valence-corrected chi connectivity index (χ0v) is 11.2. The lowest BCUT2D eigenvalue weighted by molar-refractivity contribution is -0.119. The van der Waals surface area contributed by atoms with E-state index in [9.17, 15) is 4.79 Å². The number of nitrogens with one attached hydrogen (secondary N) is 1. The summed E-state index contributed by atoms with van der Waals surface area (Å²) in [6.07, 6.45) is 0.401. The molecule has 0 bridgehead atoms. The topological polar surface area (TPSA) is 47.6 Å². The fourth-order valence-electron chi connectivity index (χ4n) is 2.16. The van der Waals surface area contributed by atoms with Crippen LogP contribution in [0.15, 0.2) is 42.5 Å². The molecule has 1 aliphatic heterocycles. The number of hydrogen-bond donors (Lipinski definition) is 1. The van der Waals surface area contributed by atoms with Crippen LogP contribution < -0.4 is 14.8 Å². The van der Waals surface area contributed by atoms with E-state index < -0.39 is 0 Å². The summed E-state index contributed by atoms with van der Waals surface area (Å²) in [6.45, 7) is 0.282. The van der Waals surface area contributed by atoms with Crippen LogP contribution in [0.5, 0.6) is 11.5 Å². The summed E-state index contributed by atoms with van der Waals surface area (Å²) in [6, 6.07) is 13.8. The highest BCUT2D eigenvalue weighted by Crippen LogP contribution is 2.35. The quantitative estimate of drug-likeness (QED) is 0.930. The van der Waals surface area contributed by atoms with Gasteiger partial charge in [0.15, 0.2) is 11.5 Å². The minimum Gasteiger partial charge on any atom is -0.454 e. The summed E-state index contributed by atoms with van der Waals surface area (Å²) >= 11 is 0. The Labute approximate surface area is 117 Å². The van der Waals surface area contributed by atoms with Gasteiger partial charge in [0.25, 0.3) is 0 Å². The van der Waals surface area contributed by atoms with E-state index >= 15 is 0 Å². The average Bonchev–Trinajstić information content (AvgIpc) is 2.95. The molecule has 3 rings (SSSR count). The molecule has 20 heavy (non-hydrogen) atoms. The maximum absolute atomic E-state index is 11.3. The van der Waals surface area contributed by atoms with Crippen LogP contribution in [0, 0.1) is 0 Å². The van der Waals surface area contributed by atoms with Crippen molar-refractivity contribution in [3.8, 4) is 22.6 Å². The van der Waals surface area contributed by atoms with Gasteiger partial charge in [-0.25, -0.2) is 0 Å². The zero-order valence-electron chi connectivity index (χ0n) is 11.2. The Morgan fingerprint density at radius 3 is 2.50 bits per heavy atom. The normalized spacial score (nSPS) is 12.2. The van der Waals surface area contributed by atoms with E-state index in [4.69, 9.17) is 9.47 Å². The van der Waals surface area contributed by atoms with Gasteiger partial charge in [0, 0.05) is 7.05 Å². The van der Waals surface area contributed by atoms with Gasteiger partial charge in [-0.3, -0.25) is 4.79 Å².